The van der Waals surface area contributed by atoms with Gasteiger partial charge in [0.15, 0.2) is 0 Å². The Hall–Kier alpha value is -0.160. The van der Waals surface area contributed by atoms with Gasteiger partial charge in [-0.15, -0.1) is 0 Å². The van der Waals surface area contributed by atoms with Crippen LogP contribution in [0.4, 0.5) is 0 Å². The zero-order valence-electron chi connectivity index (χ0n) is 9.24. The molecule has 0 aliphatic carbocycles. The van der Waals surface area contributed by atoms with Crippen LogP contribution in [0.1, 0.15) is 25.7 Å². The molecule has 0 bridgehead atoms. The van der Waals surface area contributed by atoms with Crippen molar-refractivity contribution in [2.24, 2.45) is 0 Å². The summed E-state index contributed by atoms with van der Waals surface area (Å²) in [6, 6.07) is 0.449. The van der Waals surface area contributed by atoms with Crippen molar-refractivity contribution in [3.63, 3.8) is 0 Å². The van der Waals surface area contributed by atoms with Gasteiger partial charge in [-0.25, -0.2) is 0 Å². The molecule has 3 N–H and O–H groups in total. The number of nitrogens with one attached hydrogen (secondary N) is 2. The number of aliphatic hydroxyl groups is 1. The van der Waals surface area contributed by atoms with Crippen molar-refractivity contribution in [2.45, 2.75) is 43.9 Å². The van der Waals surface area contributed by atoms with Crippen LogP contribution in [0.15, 0.2) is 0 Å². The fourth-order valence-electron chi connectivity index (χ4n) is 2.36. The van der Waals surface area contributed by atoms with Crippen molar-refractivity contribution in [3.8, 4) is 0 Å². The quantitative estimate of drug-likeness (QED) is 0.558. The highest BCUT2D eigenvalue weighted by Gasteiger charge is 2.21. The van der Waals surface area contributed by atoms with Gasteiger partial charge in [0.25, 0.3) is 0 Å². The highest BCUT2D eigenvalue weighted by atomic mass is 16.5. The van der Waals surface area contributed by atoms with E-state index in [1.54, 1.807) is 0 Å². The van der Waals surface area contributed by atoms with Crippen LogP contribution in [-0.2, 0) is 4.74 Å². The molecule has 2 aliphatic rings. The van der Waals surface area contributed by atoms with Gasteiger partial charge in [-0.2, -0.15) is 0 Å². The molecule has 2 rings (SSSR count). The predicted molar refractivity (Wildman–Crippen MR) is 58.9 cm³/mol. The van der Waals surface area contributed by atoms with Gasteiger partial charge >= 0.3 is 0 Å². The van der Waals surface area contributed by atoms with Crippen LogP contribution >= 0.6 is 0 Å². The van der Waals surface area contributed by atoms with Crippen molar-refractivity contribution in [2.75, 3.05) is 26.2 Å². The molecule has 0 saturated carbocycles. The number of hydrogen-bond acceptors (Lipinski definition) is 4. The Kier molecular flexibility index (Phi) is 4.38. The average molecular weight is 214 g/mol. The molecule has 4 nitrogen and oxygen atoms in total. The summed E-state index contributed by atoms with van der Waals surface area (Å²) in [5.74, 6) is 0. The molecule has 4 heteroatoms. The number of β-amino-alcohol motifs (C(OH)–C–C–N with tert-alkyl or cyclic N) is 1. The normalized spacial score (nSPS) is 36.2. The maximum atomic E-state index is 9.32. The number of hydrogen-bond donors (Lipinski definition) is 3. The Bertz CT molecular complexity index is 183. The van der Waals surface area contributed by atoms with E-state index in [2.05, 4.69) is 10.6 Å². The van der Waals surface area contributed by atoms with Crippen LogP contribution in [0.25, 0.3) is 0 Å². The van der Waals surface area contributed by atoms with E-state index in [-0.39, 0.29) is 6.10 Å². The summed E-state index contributed by atoms with van der Waals surface area (Å²) >= 11 is 0. The molecule has 0 radical (unpaired) electrons. The lowest BCUT2D eigenvalue weighted by Gasteiger charge is -2.13. The van der Waals surface area contributed by atoms with Crippen LogP contribution in [0.2, 0.25) is 0 Å². The van der Waals surface area contributed by atoms with E-state index in [9.17, 15) is 5.11 Å². The van der Waals surface area contributed by atoms with Gasteiger partial charge in [-0.05, 0) is 32.2 Å². The summed E-state index contributed by atoms with van der Waals surface area (Å²) in [7, 11) is 0. The highest BCUT2D eigenvalue weighted by molar-refractivity contribution is 4.82. The fraction of sp³-hybridized carbons (Fsp3) is 1.00. The summed E-state index contributed by atoms with van der Waals surface area (Å²) in [5.41, 5.74) is 0. The van der Waals surface area contributed by atoms with E-state index in [4.69, 9.17) is 4.74 Å². The first kappa shape index (κ1) is 11.3. The second-order valence-corrected chi connectivity index (χ2v) is 4.62. The molecule has 0 spiro atoms. The number of ether oxygens (including phenoxy) is 1. The first-order valence-electron chi connectivity index (χ1n) is 6.08. The second-order valence-electron chi connectivity index (χ2n) is 4.62. The van der Waals surface area contributed by atoms with Gasteiger partial charge in [0.1, 0.15) is 0 Å². The van der Waals surface area contributed by atoms with Gasteiger partial charge < -0.3 is 20.5 Å². The molecule has 3 atom stereocenters. The molecule has 2 heterocycles. The van der Waals surface area contributed by atoms with E-state index in [0.717, 1.165) is 39.1 Å². The molecule has 3 unspecified atom stereocenters. The molecule has 15 heavy (non-hydrogen) atoms. The SMILES string of the molecule is OC1CNC(CNCCC2CCCO2)C1. The van der Waals surface area contributed by atoms with Crippen LogP contribution in [0.5, 0.6) is 0 Å². The maximum Gasteiger partial charge on any atom is 0.0680 e. The summed E-state index contributed by atoms with van der Waals surface area (Å²) < 4.78 is 5.55. The number of rotatable bonds is 5. The van der Waals surface area contributed by atoms with Crippen LogP contribution < -0.4 is 10.6 Å². The lowest BCUT2D eigenvalue weighted by Crippen LogP contribution is -2.35. The molecule has 2 saturated heterocycles. The zero-order valence-corrected chi connectivity index (χ0v) is 9.24. The highest BCUT2D eigenvalue weighted by Crippen LogP contribution is 2.14. The van der Waals surface area contributed by atoms with Gasteiger partial charge in [0.2, 0.25) is 0 Å². The predicted octanol–water partition coefficient (Wildman–Crippen LogP) is -0.132. The van der Waals surface area contributed by atoms with Crippen molar-refractivity contribution >= 4 is 0 Å². The molecular weight excluding hydrogens is 192 g/mol. The van der Waals surface area contributed by atoms with Crippen molar-refractivity contribution < 1.29 is 9.84 Å². The van der Waals surface area contributed by atoms with Gasteiger partial charge in [0.05, 0.1) is 12.2 Å². The van der Waals surface area contributed by atoms with Crippen molar-refractivity contribution in [3.05, 3.63) is 0 Å². The molecule has 2 fully saturated rings. The second kappa shape index (κ2) is 5.80. The minimum Gasteiger partial charge on any atom is -0.392 e. The van der Waals surface area contributed by atoms with Gasteiger partial charge in [0, 0.05) is 25.7 Å². The minimum absolute atomic E-state index is 0.144. The zero-order chi connectivity index (χ0) is 10.5. The third kappa shape index (κ3) is 3.72. The molecule has 0 aromatic carbocycles. The molecule has 0 amide bonds. The van der Waals surface area contributed by atoms with E-state index in [1.807, 2.05) is 0 Å². The van der Waals surface area contributed by atoms with E-state index < -0.39 is 0 Å². The topological polar surface area (TPSA) is 53.5 Å². The largest absolute Gasteiger partial charge is 0.392 e. The Morgan fingerprint density at radius 3 is 3.07 bits per heavy atom. The minimum atomic E-state index is -0.144. The molecule has 2 aliphatic heterocycles. The average Bonchev–Trinajstić information content (AvgIpc) is 2.84. The van der Waals surface area contributed by atoms with Crippen LogP contribution in [0.3, 0.4) is 0 Å². The van der Waals surface area contributed by atoms with Crippen molar-refractivity contribution in [1.29, 1.82) is 0 Å². The lowest BCUT2D eigenvalue weighted by atomic mass is 10.1. The lowest BCUT2D eigenvalue weighted by molar-refractivity contribution is 0.104. The summed E-state index contributed by atoms with van der Waals surface area (Å²) in [6.45, 7) is 3.68. The molecular formula is C11H22N2O2. The summed E-state index contributed by atoms with van der Waals surface area (Å²) in [4.78, 5) is 0. The third-order valence-electron chi connectivity index (χ3n) is 3.26. The molecule has 0 aromatic rings. The van der Waals surface area contributed by atoms with Gasteiger partial charge in [-0.3, -0.25) is 0 Å². The van der Waals surface area contributed by atoms with Crippen LogP contribution in [0, 0.1) is 0 Å². The monoisotopic (exact) mass is 214 g/mol. The van der Waals surface area contributed by atoms with E-state index >= 15 is 0 Å². The first-order chi connectivity index (χ1) is 7.34. The Morgan fingerprint density at radius 2 is 2.40 bits per heavy atom. The maximum absolute atomic E-state index is 9.32. The first-order valence-corrected chi connectivity index (χ1v) is 6.08. The van der Waals surface area contributed by atoms with Crippen LogP contribution in [-0.4, -0.2) is 49.6 Å². The summed E-state index contributed by atoms with van der Waals surface area (Å²) in [6.07, 6.45) is 4.79. The van der Waals surface area contributed by atoms with E-state index in [0.29, 0.717) is 12.1 Å². The molecule has 0 aromatic heterocycles. The Balaban J connectivity index is 1.48. The summed E-state index contributed by atoms with van der Waals surface area (Å²) in [5, 5.41) is 16.0. The standard InChI is InChI=1S/C11H22N2O2/c14-10-6-9(13-8-10)7-12-4-3-11-2-1-5-15-11/h9-14H,1-8H2. The third-order valence-corrected chi connectivity index (χ3v) is 3.26. The number of aliphatic hydroxyl groups excluding tert-OH is 1. The fourth-order valence-corrected chi connectivity index (χ4v) is 2.36. The Morgan fingerprint density at radius 1 is 1.47 bits per heavy atom. The van der Waals surface area contributed by atoms with Crippen molar-refractivity contribution in [1.82, 2.24) is 10.6 Å². The Labute approximate surface area is 91.4 Å². The van der Waals surface area contributed by atoms with E-state index in [1.165, 1.54) is 12.8 Å². The van der Waals surface area contributed by atoms with Gasteiger partial charge in [-0.1, -0.05) is 0 Å². The smallest absolute Gasteiger partial charge is 0.0680 e. The molecule has 88 valence electrons.